The van der Waals surface area contributed by atoms with Crippen LogP contribution in [0.5, 0.6) is 0 Å². The first kappa shape index (κ1) is 14.3. The number of nitrogens with one attached hydrogen (secondary N) is 1. The average molecular weight is 298 g/mol. The van der Waals surface area contributed by atoms with Gasteiger partial charge in [-0.1, -0.05) is 0 Å². The highest BCUT2D eigenvalue weighted by Gasteiger charge is 2.16. The molecule has 0 aliphatic rings. The van der Waals surface area contributed by atoms with Crippen molar-refractivity contribution >= 4 is 17.0 Å². The molecule has 0 bridgehead atoms. The third-order valence-corrected chi connectivity index (χ3v) is 3.90. The van der Waals surface area contributed by atoms with Crippen molar-refractivity contribution in [2.45, 2.75) is 26.7 Å². The van der Waals surface area contributed by atoms with E-state index in [1.165, 1.54) is 0 Å². The molecule has 0 saturated heterocycles. The SMILES string of the molecule is Cc1cc(Cc2ccnc3[nH]c(C)c(CC(=O)O)c23)n(C)n1. The van der Waals surface area contributed by atoms with E-state index in [1.807, 2.05) is 37.7 Å². The summed E-state index contributed by atoms with van der Waals surface area (Å²) in [4.78, 5) is 18.7. The molecule has 114 valence electrons. The number of aryl methyl sites for hydroxylation is 3. The summed E-state index contributed by atoms with van der Waals surface area (Å²) in [5.41, 5.74) is 5.53. The summed E-state index contributed by atoms with van der Waals surface area (Å²) < 4.78 is 1.86. The minimum Gasteiger partial charge on any atom is -0.481 e. The number of carboxylic acid groups (broad SMARTS) is 1. The van der Waals surface area contributed by atoms with E-state index in [4.69, 9.17) is 5.11 Å². The fraction of sp³-hybridized carbons (Fsp3) is 0.312. The van der Waals surface area contributed by atoms with Crippen molar-refractivity contribution in [2.75, 3.05) is 0 Å². The number of carbonyl (C=O) groups is 1. The third-order valence-electron chi connectivity index (χ3n) is 3.90. The first-order valence-electron chi connectivity index (χ1n) is 7.12. The maximum absolute atomic E-state index is 11.1. The molecule has 0 radical (unpaired) electrons. The topological polar surface area (TPSA) is 83.8 Å². The van der Waals surface area contributed by atoms with E-state index < -0.39 is 5.97 Å². The number of nitrogens with zero attached hydrogens (tertiary/aromatic N) is 3. The van der Waals surface area contributed by atoms with Gasteiger partial charge in [0.2, 0.25) is 0 Å². The van der Waals surface area contributed by atoms with E-state index in [0.717, 1.165) is 39.2 Å². The van der Waals surface area contributed by atoms with Crippen LogP contribution in [0.2, 0.25) is 0 Å². The predicted octanol–water partition coefficient (Wildman–Crippen LogP) is 2.13. The van der Waals surface area contributed by atoms with Crippen LogP contribution in [0.1, 0.15) is 28.2 Å². The minimum atomic E-state index is -0.838. The molecule has 0 unspecified atom stereocenters. The van der Waals surface area contributed by atoms with Crippen LogP contribution in [0, 0.1) is 13.8 Å². The van der Waals surface area contributed by atoms with Gasteiger partial charge in [0.25, 0.3) is 0 Å². The predicted molar refractivity (Wildman–Crippen MR) is 82.9 cm³/mol. The van der Waals surface area contributed by atoms with Crippen LogP contribution in [0.4, 0.5) is 0 Å². The molecule has 3 aromatic heterocycles. The van der Waals surface area contributed by atoms with Crippen LogP contribution < -0.4 is 0 Å². The highest BCUT2D eigenvalue weighted by atomic mass is 16.4. The van der Waals surface area contributed by atoms with Gasteiger partial charge < -0.3 is 10.1 Å². The van der Waals surface area contributed by atoms with E-state index in [9.17, 15) is 4.79 Å². The van der Waals surface area contributed by atoms with Crippen LogP contribution >= 0.6 is 0 Å². The highest BCUT2D eigenvalue weighted by molar-refractivity contribution is 5.88. The normalized spacial score (nSPS) is 11.2. The van der Waals surface area contributed by atoms with Crippen molar-refractivity contribution in [1.82, 2.24) is 19.7 Å². The molecule has 6 heteroatoms. The first-order valence-corrected chi connectivity index (χ1v) is 7.12. The van der Waals surface area contributed by atoms with Gasteiger partial charge >= 0.3 is 5.97 Å². The van der Waals surface area contributed by atoms with Gasteiger partial charge in [-0.2, -0.15) is 5.10 Å². The Labute approximate surface area is 127 Å². The third kappa shape index (κ3) is 2.47. The second-order valence-corrected chi connectivity index (χ2v) is 5.57. The number of aromatic amines is 1. The Morgan fingerprint density at radius 2 is 2.18 bits per heavy atom. The lowest BCUT2D eigenvalue weighted by Crippen LogP contribution is -2.03. The number of pyridine rings is 1. The van der Waals surface area contributed by atoms with E-state index in [-0.39, 0.29) is 6.42 Å². The molecule has 0 spiro atoms. The molecule has 0 saturated carbocycles. The molecule has 0 fully saturated rings. The molecule has 0 atom stereocenters. The van der Waals surface area contributed by atoms with E-state index in [0.29, 0.717) is 6.42 Å². The molecule has 3 heterocycles. The van der Waals surface area contributed by atoms with Gasteiger partial charge in [-0.25, -0.2) is 4.98 Å². The lowest BCUT2D eigenvalue weighted by Gasteiger charge is -2.06. The molecular formula is C16H18N4O2. The smallest absolute Gasteiger partial charge is 0.307 e. The number of fused-ring (bicyclic) bond motifs is 1. The Kier molecular flexibility index (Phi) is 3.44. The van der Waals surface area contributed by atoms with Crippen molar-refractivity contribution in [3.63, 3.8) is 0 Å². The van der Waals surface area contributed by atoms with Crippen molar-refractivity contribution in [2.24, 2.45) is 7.05 Å². The zero-order chi connectivity index (χ0) is 15.9. The number of hydrogen-bond acceptors (Lipinski definition) is 3. The van der Waals surface area contributed by atoms with Crippen molar-refractivity contribution in [1.29, 1.82) is 0 Å². The fourth-order valence-electron chi connectivity index (χ4n) is 2.92. The Balaban J connectivity index is 2.13. The second-order valence-electron chi connectivity index (χ2n) is 5.57. The lowest BCUT2D eigenvalue weighted by molar-refractivity contribution is -0.136. The molecule has 0 aliphatic carbocycles. The lowest BCUT2D eigenvalue weighted by atomic mass is 10.0. The van der Waals surface area contributed by atoms with Gasteiger partial charge in [-0.3, -0.25) is 9.48 Å². The monoisotopic (exact) mass is 298 g/mol. The van der Waals surface area contributed by atoms with Crippen LogP contribution in [-0.2, 0) is 24.7 Å². The van der Waals surface area contributed by atoms with E-state index in [1.54, 1.807) is 6.20 Å². The molecular weight excluding hydrogens is 280 g/mol. The quantitative estimate of drug-likeness (QED) is 0.773. The van der Waals surface area contributed by atoms with Crippen LogP contribution in [-0.4, -0.2) is 30.8 Å². The highest BCUT2D eigenvalue weighted by Crippen LogP contribution is 2.26. The summed E-state index contributed by atoms with van der Waals surface area (Å²) >= 11 is 0. The van der Waals surface area contributed by atoms with Gasteiger partial charge in [0, 0.05) is 36.4 Å². The fourth-order valence-corrected chi connectivity index (χ4v) is 2.92. The maximum Gasteiger partial charge on any atom is 0.307 e. The standard InChI is InChI=1S/C16H18N4O2/c1-9-6-12(20(3)19-9)7-11-4-5-17-16-15(11)13(8-14(21)22)10(2)18-16/h4-6H,7-8H2,1-3H3,(H,17,18)(H,21,22). The van der Waals surface area contributed by atoms with Gasteiger partial charge in [0.05, 0.1) is 12.1 Å². The van der Waals surface area contributed by atoms with Crippen LogP contribution in [0.3, 0.4) is 0 Å². The van der Waals surface area contributed by atoms with Crippen LogP contribution in [0.15, 0.2) is 18.3 Å². The molecule has 3 aromatic rings. The van der Waals surface area contributed by atoms with E-state index in [2.05, 4.69) is 15.1 Å². The van der Waals surface area contributed by atoms with Crippen LogP contribution in [0.25, 0.3) is 11.0 Å². The minimum absolute atomic E-state index is 0.00502. The zero-order valence-corrected chi connectivity index (χ0v) is 12.8. The summed E-state index contributed by atoms with van der Waals surface area (Å²) in [6.45, 7) is 3.85. The summed E-state index contributed by atoms with van der Waals surface area (Å²) in [7, 11) is 1.92. The Hall–Kier alpha value is -2.63. The number of hydrogen-bond donors (Lipinski definition) is 2. The molecule has 0 amide bonds. The van der Waals surface area contributed by atoms with Gasteiger partial charge in [0.15, 0.2) is 0 Å². The zero-order valence-electron chi connectivity index (χ0n) is 12.8. The first-order chi connectivity index (χ1) is 10.5. The largest absolute Gasteiger partial charge is 0.481 e. The average Bonchev–Trinajstić information content (AvgIpc) is 2.90. The number of aromatic nitrogens is 4. The summed E-state index contributed by atoms with van der Waals surface area (Å²) in [5.74, 6) is -0.838. The number of H-pyrrole nitrogens is 1. The molecule has 2 N–H and O–H groups in total. The van der Waals surface area contributed by atoms with Gasteiger partial charge in [0.1, 0.15) is 5.65 Å². The van der Waals surface area contributed by atoms with E-state index >= 15 is 0 Å². The second kappa shape index (κ2) is 5.29. The summed E-state index contributed by atoms with van der Waals surface area (Å²) in [6.07, 6.45) is 2.44. The number of aliphatic carboxylic acids is 1. The van der Waals surface area contributed by atoms with Crippen molar-refractivity contribution in [3.8, 4) is 0 Å². The Morgan fingerprint density at radius 3 is 2.82 bits per heavy atom. The van der Waals surface area contributed by atoms with Gasteiger partial charge in [-0.05, 0) is 37.1 Å². The molecule has 6 nitrogen and oxygen atoms in total. The number of rotatable bonds is 4. The maximum atomic E-state index is 11.1. The summed E-state index contributed by atoms with van der Waals surface area (Å²) in [6, 6.07) is 3.99. The van der Waals surface area contributed by atoms with Crippen molar-refractivity contribution < 1.29 is 9.90 Å². The summed E-state index contributed by atoms with van der Waals surface area (Å²) in [5, 5.41) is 14.4. The molecule has 0 aliphatic heterocycles. The van der Waals surface area contributed by atoms with Crippen molar-refractivity contribution in [3.05, 3.63) is 46.5 Å². The Bertz CT molecular complexity index is 861. The molecule has 3 rings (SSSR count). The van der Waals surface area contributed by atoms with Gasteiger partial charge in [-0.15, -0.1) is 0 Å². The molecule has 22 heavy (non-hydrogen) atoms. The number of carboxylic acids is 1. The molecule has 0 aromatic carbocycles. The Morgan fingerprint density at radius 1 is 1.41 bits per heavy atom.